The van der Waals surface area contributed by atoms with Gasteiger partial charge in [-0.25, -0.2) is 9.78 Å². The number of amides is 2. The predicted octanol–water partition coefficient (Wildman–Crippen LogP) is 2.60. The molecule has 2 amide bonds. The zero-order valence-corrected chi connectivity index (χ0v) is 13.2. The van der Waals surface area contributed by atoms with Crippen molar-refractivity contribution in [3.05, 3.63) is 10.6 Å². The summed E-state index contributed by atoms with van der Waals surface area (Å²) in [4.78, 5) is 30.1. The lowest BCUT2D eigenvalue weighted by Crippen LogP contribution is -2.40. The van der Waals surface area contributed by atoms with Crippen LogP contribution in [0.25, 0.3) is 0 Å². The smallest absolute Gasteiger partial charge is 0.324 e. The number of nitrogens with zero attached hydrogens (tertiary/aromatic N) is 2. The molecule has 1 aliphatic carbocycles. The summed E-state index contributed by atoms with van der Waals surface area (Å²) in [6.07, 6.45) is 4.30. The number of urea groups is 1. The Balaban J connectivity index is 2.03. The fraction of sp³-hybridized carbons (Fsp3) is 0.643. The first-order valence-electron chi connectivity index (χ1n) is 7.22. The summed E-state index contributed by atoms with van der Waals surface area (Å²) < 4.78 is 0. The van der Waals surface area contributed by atoms with Gasteiger partial charge in [-0.2, -0.15) is 0 Å². The van der Waals surface area contributed by atoms with Crippen LogP contribution in [0, 0.1) is 5.92 Å². The number of carbonyl (C=O) groups is 2. The number of aryl methyl sites for hydroxylation is 2. The molecule has 1 aliphatic rings. The highest BCUT2D eigenvalue weighted by Gasteiger charge is 2.21. The summed E-state index contributed by atoms with van der Waals surface area (Å²) in [5, 5.41) is 12.2. The molecule has 1 aromatic heterocycles. The van der Waals surface area contributed by atoms with Gasteiger partial charge in [0, 0.05) is 11.4 Å². The van der Waals surface area contributed by atoms with Gasteiger partial charge in [-0.05, 0) is 31.6 Å². The van der Waals surface area contributed by atoms with Crippen LogP contribution in [0.5, 0.6) is 0 Å². The van der Waals surface area contributed by atoms with E-state index in [-0.39, 0.29) is 12.5 Å². The molecule has 6 nitrogen and oxygen atoms in total. The number of hydrogen-bond acceptors (Lipinski definition) is 4. The van der Waals surface area contributed by atoms with Gasteiger partial charge in [0.05, 0.1) is 5.69 Å². The van der Waals surface area contributed by atoms with E-state index in [4.69, 9.17) is 5.11 Å². The molecule has 0 bridgehead atoms. The van der Waals surface area contributed by atoms with Crippen LogP contribution in [0.4, 0.5) is 9.93 Å². The van der Waals surface area contributed by atoms with Crippen molar-refractivity contribution in [1.82, 2.24) is 9.88 Å². The second-order valence-electron chi connectivity index (χ2n) is 5.69. The first-order chi connectivity index (χ1) is 9.95. The molecule has 116 valence electrons. The molecule has 1 heterocycles. The quantitative estimate of drug-likeness (QED) is 0.875. The lowest BCUT2D eigenvalue weighted by Gasteiger charge is -2.22. The third kappa shape index (κ3) is 4.42. The summed E-state index contributed by atoms with van der Waals surface area (Å²) in [7, 11) is 0. The zero-order valence-electron chi connectivity index (χ0n) is 12.4. The van der Waals surface area contributed by atoms with Crippen LogP contribution in [-0.4, -0.2) is 40.1 Å². The fourth-order valence-corrected chi connectivity index (χ4v) is 3.44. The molecule has 0 fully saturated rings. The maximum absolute atomic E-state index is 12.2. The van der Waals surface area contributed by atoms with Crippen molar-refractivity contribution in [1.29, 1.82) is 0 Å². The van der Waals surface area contributed by atoms with Crippen LogP contribution in [0.2, 0.25) is 0 Å². The molecule has 0 unspecified atom stereocenters. The summed E-state index contributed by atoms with van der Waals surface area (Å²) in [6, 6.07) is -0.391. The minimum absolute atomic E-state index is 0.208. The molecular formula is C14H21N3O3S. The molecule has 0 saturated heterocycles. The van der Waals surface area contributed by atoms with Crippen LogP contribution in [0.1, 0.15) is 37.3 Å². The van der Waals surface area contributed by atoms with Gasteiger partial charge >= 0.3 is 12.0 Å². The van der Waals surface area contributed by atoms with Crippen LogP contribution >= 0.6 is 11.3 Å². The van der Waals surface area contributed by atoms with Gasteiger partial charge in [0.2, 0.25) is 0 Å². The lowest BCUT2D eigenvalue weighted by atomic mass is 10.0. The van der Waals surface area contributed by atoms with Crippen LogP contribution in [0.15, 0.2) is 0 Å². The number of carboxylic acids is 1. The molecule has 21 heavy (non-hydrogen) atoms. The summed E-state index contributed by atoms with van der Waals surface area (Å²) in [5.41, 5.74) is 1.08. The second kappa shape index (κ2) is 6.89. The van der Waals surface area contributed by atoms with Crippen molar-refractivity contribution in [3.8, 4) is 0 Å². The molecule has 2 rings (SSSR count). The lowest BCUT2D eigenvalue weighted by molar-refractivity contribution is -0.137. The van der Waals surface area contributed by atoms with E-state index in [1.54, 1.807) is 0 Å². The largest absolute Gasteiger partial charge is 0.480 e. The van der Waals surface area contributed by atoms with Gasteiger partial charge in [0.15, 0.2) is 5.13 Å². The first kappa shape index (κ1) is 15.8. The normalized spacial score (nSPS) is 13.9. The van der Waals surface area contributed by atoms with E-state index >= 15 is 0 Å². The standard InChI is InChI=1S/C14H21N3O3S/c1-9(2)7-17(8-12(18)19)14(20)16-13-15-10-5-3-4-6-11(10)21-13/h9H,3-8H2,1-2H3,(H,18,19)(H,15,16,20). The Bertz CT molecular complexity index is 504. The van der Waals surface area contributed by atoms with E-state index in [9.17, 15) is 9.59 Å². The van der Waals surface area contributed by atoms with Crippen molar-refractivity contribution in [3.63, 3.8) is 0 Å². The zero-order chi connectivity index (χ0) is 15.4. The van der Waals surface area contributed by atoms with E-state index in [1.165, 1.54) is 27.5 Å². The number of carboxylic acid groups (broad SMARTS) is 1. The molecule has 0 aromatic carbocycles. The highest BCUT2D eigenvalue weighted by molar-refractivity contribution is 7.15. The molecule has 0 radical (unpaired) electrons. The monoisotopic (exact) mass is 311 g/mol. The average Bonchev–Trinajstić information content (AvgIpc) is 2.78. The highest BCUT2D eigenvalue weighted by atomic mass is 32.1. The van der Waals surface area contributed by atoms with E-state index in [1.807, 2.05) is 13.8 Å². The number of aliphatic carboxylic acids is 1. The number of rotatable bonds is 5. The Kier molecular flexibility index (Phi) is 5.17. The molecule has 2 N–H and O–H groups in total. The van der Waals surface area contributed by atoms with E-state index in [2.05, 4.69) is 10.3 Å². The number of nitrogens with one attached hydrogen (secondary N) is 1. The highest BCUT2D eigenvalue weighted by Crippen LogP contribution is 2.29. The second-order valence-corrected chi connectivity index (χ2v) is 6.78. The summed E-state index contributed by atoms with van der Waals surface area (Å²) >= 11 is 1.50. The Hall–Kier alpha value is -1.63. The minimum atomic E-state index is -1.01. The summed E-state index contributed by atoms with van der Waals surface area (Å²) in [6.45, 7) is 4.01. The first-order valence-corrected chi connectivity index (χ1v) is 8.03. The van der Waals surface area contributed by atoms with Crippen LogP contribution in [0.3, 0.4) is 0 Å². The third-order valence-electron chi connectivity index (χ3n) is 3.26. The number of carbonyl (C=O) groups excluding carboxylic acids is 1. The number of thiazole rings is 1. The van der Waals surface area contributed by atoms with E-state index in [0.717, 1.165) is 25.0 Å². The van der Waals surface area contributed by atoms with Gasteiger partial charge in [-0.1, -0.05) is 13.8 Å². The van der Waals surface area contributed by atoms with E-state index < -0.39 is 12.0 Å². The Morgan fingerprint density at radius 1 is 1.38 bits per heavy atom. The molecule has 1 aromatic rings. The van der Waals surface area contributed by atoms with Crippen molar-refractivity contribution < 1.29 is 14.7 Å². The maximum Gasteiger partial charge on any atom is 0.324 e. The number of hydrogen-bond donors (Lipinski definition) is 2. The van der Waals surface area contributed by atoms with Crippen LogP contribution in [-0.2, 0) is 17.6 Å². The summed E-state index contributed by atoms with van der Waals surface area (Å²) in [5.74, 6) is -0.802. The molecular weight excluding hydrogens is 290 g/mol. The molecule has 0 saturated carbocycles. The molecule has 0 spiro atoms. The number of aromatic nitrogens is 1. The van der Waals surface area contributed by atoms with Crippen molar-refractivity contribution in [2.75, 3.05) is 18.4 Å². The van der Waals surface area contributed by atoms with Gasteiger partial charge in [0.25, 0.3) is 0 Å². The average molecular weight is 311 g/mol. The minimum Gasteiger partial charge on any atom is -0.480 e. The molecule has 7 heteroatoms. The Morgan fingerprint density at radius 2 is 2.10 bits per heavy atom. The maximum atomic E-state index is 12.2. The van der Waals surface area contributed by atoms with Gasteiger partial charge in [0.1, 0.15) is 6.54 Å². The van der Waals surface area contributed by atoms with E-state index in [0.29, 0.717) is 11.7 Å². The number of anilines is 1. The third-order valence-corrected chi connectivity index (χ3v) is 4.33. The van der Waals surface area contributed by atoms with Crippen LogP contribution < -0.4 is 5.32 Å². The topological polar surface area (TPSA) is 82.5 Å². The van der Waals surface area contributed by atoms with Gasteiger partial charge in [-0.15, -0.1) is 11.3 Å². The number of fused-ring (bicyclic) bond motifs is 1. The molecule has 0 aliphatic heterocycles. The van der Waals surface area contributed by atoms with Gasteiger partial charge in [-0.3, -0.25) is 10.1 Å². The van der Waals surface area contributed by atoms with Crippen molar-refractivity contribution in [2.24, 2.45) is 5.92 Å². The van der Waals surface area contributed by atoms with Gasteiger partial charge < -0.3 is 10.0 Å². The van der Waals surface area contributed by atoms with Crippen molar-refractivity contribution >= 4 is 28.5 Å². The Morgan fingerprint density at radius 3 is 2.71 bits per heavy atom. The fourth-order valence-electron chi connectivity index (χ4n) is 2.40. The Labute approximate surface area is 128 Å². The van der Waals surface area contributed by atoms with Crippen molar-refractivity contribution in [2.45, 2.75) is 39.5 Å². The SMILES string of the molecule is CC(C)CN(CC(=O)O)C(=O)Nc1nc2c(s1)CCCC2. The molecule has 0 atom stereocenters. The predicted molar refractivity (Wildman–Crippen MR) is 81.8 cm³/mol.